The Morgan fingerprint density at radius 3 is 2.41 bits per heavy atom. The first-order valence-electron chi connectivity index (χ1n) is 13.0. The largest absolute Gasteiger partial charge is 0.452 e. The lowest BCUT2D eigenvalue weighted by atomic mass is 9.80. The number of fused-ring (bicyclic) bond motifs is 2. The highest BCUT2D eigenvalue weighted by molar-refractivity contribution is 6.07. The molecule has 2 N–H and O–H groups in total. The molecule has 4 aromatic rings. The van der Waals surface area contributed by atoms with E-state index in [1.54, 1.807) is 0 Å². The Morgan fingerprint density at radius 1 is 0.976 bits per heavy atom. The number of allylic oxidation sites excluding steroid dienone is 1. The molecule has 10 nitrogen and oxygen atoms in total. The Kier molecular flexibility index (Phi) is 7.82. The van der Waals surface area contributed by atoms with Crippen molar-refractivity contribution < 1.29 is 24.0 Å². The summed E-state index contributed by atoms with van der Waals surface area (Å²) in [7, 11) is 0. The van der Waals surface area contributed by atoms with E-state index < -0.39 is 29.3 Å². The van der Waals surface area contributed by atoms with Crippen molar-refractivity contribution in [2.24, 2.45) is 5.92 Å². The van der Waals surface area contributed by atoms with Gasteiger partial charge in [0.05, 0.1) is 21.7 Å². The van der Waals surface area contributed by atoms with Crippen LogP contribution in [0.3, 0.4) is 0 Å². The summed E-state index contributed by atoms with van der Waals surface area (Å²) in [6, 6.07) is 22.1. The fourth-order valence-corrected chi connectivity index (χ4v) is 4.89. The third-order valence-electron chi connectivity index (χ3n) is 6.75. The number of rotatable bonds is 6. The third kappa shape index (κ3) is 6.11. The zero-order valence-electron chi connectivity index (χ0n) is 22.1. The number of hydrogen-bond acceptors (Lipinski definition) is 7. The number of esters is 1. The van der Waals surface area contributed by atoms with Gasteiger partial charge in [-0.05, 0) is 59.7 Å². The van der Waals surface area contributed by atoms with E-state index in [0.29, 0.717) is 22.9 Å². The van der Waals surface area contributed by atoms with Crippen LogP contribution >= 0.6 is 0 Å². The summed E-state index contributed by atoms with van der Waals surface area (Å²) in [5, 5.41) is 11.4. The molecule has 206 valence electrons. The molecule has 1 atom stereocenters. The summed E-state index contributed by atoms with van der Waals surface area (Å²) in [4.78, 5) is 53.3. The maximum Gasteiger partial charge on any atom is 0.339 e. The molecule has 1 aliphatic carbocycles. The van der Waals surface area contributed by atoms with Crippen molar-refractivity contribution in [3.8, 4) is 0 Å². The number of para-hydroxylation sites is 1. The first-order valence-corrected chi connectivity index (χ1v) is 13.0. The number of nitrogens with zero attached hydrogens (tertiary/aromatic N) is 2. The Labute approximate surface area is 235 Å². The minimum absolute atomic E-state index is 0.108. The number of nitro benzene ring substituents is 1. The van der Waals surface area contributed by atoms with Crippen LogP contribution in [0.15, 0.2) is 78.9 Å². The van der Waals surface area contributed by atoms with Gasteiger partial charge in [0, 0.05) is 23.1 Å². The van der Waals surface area contributed by atoms with Crippen LogP contribution in [-0.2, 0) is 16.0 Å². The highest BCUT2D eigenvalue weighted by Gasteiger charge is 2.29. The van der Waals surface area contributed by atoms with Gasteiger partial charge in [0.15, 0.2) is 6.61 Å². The summed E-state index contributed by atoms with van der Waals surface area (Å²) in [5.41, 5.74) is 8.95. The molecule has 10 heteroatoms. The molecule has 1 heterocycles. The predicted molar refractivity (Wildman–Crippen MR) is 153 cm³/mol. The molecule has 0 unspecified atom stereocenters. The van der Waals surface area contributed by atoms with Crippen LogP contribution in [-0.4, -0.2) is 34.3 Å². The molecule has 1 aliphatic rings. The van der Waals surface area contributed by atoms with E-state index in [9.17, 15) is 24.5 Å². The van der Waals surface area contributed by atoms with Crippen molar-refractivity contribution in [1.82, 2.24) is 15.8 Å². The highest BCUT2D eigenvalue weighted by Crippen LogP contribution is 2.38. The molecular weight excluding hydrogens is 524 g/mol. The van der Waals surface area contributed by atoms with Gasteiger partial charge in [-0.1, -0.05) is 55.5 Å². The number of non-ortho nitro benzene ring substituents is 1. The molecule has 0 spiro atoms. The van der Waals surface area contributed by atoms with Crippen molar-refractivity contribution in [2.45, 2.75) is 19.8 Å². The van der Waals surface area contributed by atoms with E-state index in [4.69, 9.17) is 9.72 Å². The molecule has 0 radical (unpaired) electrons. The van der Waals surface area contributed by atoms with E-state index >= 15 is 0 Å². The van der Waals surface area contributed by atoms with Crippen molar-refractivity contribution in [3.05, 3.63) is 117 Å². The number of pyridine rings is 1. The first kappa shape index (κ1) is 27.2. The van der Waals surface area contributed by atoms with Crippen LogP contribution in [0.1, 0.15) is 50.9 Å². The summed E-state index contributed by atoms with van der Waals surface area (Å²) in [5.74, 6) is -1.84. The maximum absolute atomic E-state index is 13.5. The van der Waals surface area contributed by atoms with Crippen molar-refractivity contribution >= 4 is 46.0 Å². The molecular formula is C31H26N4O6. The molecule has 0 aliphatic heterocycles. The molecule has 5 rings (SSSR count). The van der Waals surface area contributed by atoms with Gasteiger partial charge < -0.3 is 4.74 Å². The number of carbonyl (C=O) groups is 3. The third-order valence-corrected chi connectivity index (χ3v) is 6.75. The number of hydrogen-bond donors (Lipinski definition) is 2. The number of amides is 2. The molecule has 0 saturated carbocycles. The standard InChI is InChI=1S/C31H26N4O6/c1-19-15-22(17-20-7-3-2-4-8-20)29-25(16-19)28(24-9-5-6-10-26(24)32-29)31(38)41-18-27(36)33-34-30(37)21-11-13-23(14-12-21)35(39)40/h2-14,17,19H,15-16,18H2,1H3,(H,33,36)(H,34,37)/b22-17-/t19-/m0/s1. The summed E-state index contributed by atoms with van der Waals surface area (Å²) in [6.45, 7) is 1.49. The second-order valence-electron chi connectivity index (χ2n) is 9.81. The van der Waals surface area contributed by atoms with Gasteiger partial charge >= 0.3 is 5.97 Å². The number of nitrogens with one attached hydrogen (secondary N) is 2. The smallest absolute Gasteiger partial charge is 0.339 e. The average molecular weight is 551 g/mol. The lowest BCUT2D eigenvalue weighted by Gasteiger charge is -2.26. The monoisotopic (exact) mass is 550 g/mol. The Hall–Kier alpha value is -5.38. The van der Waals surface area contributed by atoms with Crippen LogP contribution < -0.4 is 10.9 Å². The quantitative estimate of drug-likeness (QED) is 0.198. The van der Waals surface area contributed by atoms with Crippen LogP contribution in [0.25, 0.3) is 22.6 Å². The molecule has 0 bridgehead atoms. The Bertz CT molecular complexity index is 1680. The second-order valence-corrected chi connectivity index (χ2v) is 9.81. The van der Waals surface area contributed by atoms with Crippen molar-refractivity contribution in [3.63, 3.8) is 0 Å². The zero-order chi connectivity index (χ0) is 28.9. The lowest BCUT2D eigenvalue weighted by Crippen LogP contribution is -2.43. The van der Waals surface area contributed by atoms with Crippen LogP contribution in [0, 0.1) is 16.0 Å². The van der Waals surface area contributed by atoms with Crippen molar-refractivity contribution in [2.75, 3.05) is 6.61 Å². The van der Waals surface area contributed by atoms with Gasteiger partial charge in [0.1, 0.15) is 0 Å². The topological polar surface area (TPSA) is 141 Å². The Balaban J connectivity index is 1.34. The van der Waals surface area contributed by atoms with E-state index in [0.717, 1.165) is 28.8 Å². The first-order chi connectivity index (χ1) is 19.8. The van der Waals surface area contributed by atoms with Crippen LogP contribution in [0.4, 0.5) is 5.69 Å². The van der Waals surface area contributed by atoms with Crippen LogP contribution in [0.5, 0.6) is 0 Å². The summed E-state index contributed by atoms with van der Waals surface area (Å²) < 4.78 is 5.41. The molecule has 41 heavy (non-hydrogen) atoms. The van der Waals surface area contributed by atoms with Gasteiger partial charge in [-0.3, -0.25) is 30.6 Å². The molecule has 3 aromatic carbocycles. The number of aromatic nitrogens is 1. The molecule has 1 aromatic heterocycles. The van der Waals surface area contributed by atoms with Gasteiger partial charge in [-0.15, -0.1) is 0 Å². The van der Waals surface area contributed by atoms with Gasteiger partial charge in [-0.2, -0.15) is 0 Å². The molecule has 0 fully saturated rings. The van der Waals surface area contributed by atoms with E-state index in [1.165, 1.54) is 24.3 Å². The Morgan fingerprint density at radius 2 is 1.68 bits per heavy atom. The SMILES string of the molecule is C[C@H]1C/C(=C/c2ccccc2)c2nc3ccccc3c(C(=O)OCC(=O)NNC(=O)c3ccc([N+](=O)[O-])cc3)c2C1. The van der Waals surface area contributed by atoms with Gasteiger partial charge in [-0.25, -0.2) is 9.78 Å². The number of nitro groups is 1. The predicted octanol–water partition coefficient (Wildman–Crippen LogP) is 4.88. The van der Waals surface area contributed by atoms with Gasteiger partial charge in [0.2, 0.25) is 0 Å². The lowest BCUT2D eigenvalue weighted by molar-refractivity contribution is -0.384. The fraction of sp³-hybridized carbons (Fsp3) is 0.161. The van der Waals surface area contributed by atoms with Crippen LogP contribution in [0.2, 0.25) is 0 Å². The van der Waals surface area contributed by atoms with Gasteiger partial charge in [0.25, 0.3) is 17.5 Å². The number of hydrazine groups is 1. The van der Waals surface area contributed by atoms with Crippen molar-refractivity contribution in [1.29, 1.82) is 0 Å². The minimum Gasteiger partial charge on any atom is -0.452 e. The zero-order valence-corrected chi connectivity index (χ0v) is 22.1. The molecule has 0 saturated heterocycles. The normalized spacial score (nSPS) is 15.1. The number of carbonyl (C=O) groups excluding carboxylic acids is 3. The molecule has 2 amide bonds. The summed E-state index contributed by atoms with van der Waals surface area (Å²) in [6.07, 6.45) is 3.52. The maximum atomic E-state index is 13.5. The van der Waals surface area contributed by atoms with E-state index in [2.05, 4.69) is 23.9 Å². The average Bonchev–Trinajstić information content (AvgIpc) is 2.98. The van der Waals surface area contributed by atoms with E-state index in [1.807, 2.05) is 54.6 Å². The number of ether oxygens (including phenoxy) is 1. The van der Waals surface area contributed by atoms with E-state index in [-0.39, 0.29) is 17.2 Å². The fourth-order valence-electron chi connectivity index (χ4n) is 4.89. The highest BCUT2D eigenvalue weighted by atomic mass is 16.6. The summed E-state index contributed by atoms with van der Waals surface area (Å²) >= 11 is 0. The number of benzene rings is 3. The second kappa shape index (κ2) is 11.8. The minimum atomic E-state index is -0.751.